The van der Waals surface area contributed by atoms with Gasteiger partial charge in [0.25, 0.3) is 0 Å². The van der Waals surface area contributed by atoms with Gasteiger partial charge in [0.15, 0.2) is 0 Å². The Hall–Kier alpha value is -1.13. The predicted molar refractivity (Wildman–Crippen MR) is 83.0 cm³/mol. The fourth-order valence-electron chi connectivity index (χ4n) is 2.85. The van der Waals surface area contributed by atoms with E-state index >= 15 is 0 Å². The molecule has 1 aromatic heterocycles. The van der Waals surface area contributed by atoms with Gasteiger partial charge in [-0.05, 0) is 57.5 Å². The zero-order chi connectivity index (χ0) is 13.9. The summed E-state index contributed by atoms with van der Waals surface area (Å²) < 4.78 is 0. The number of hydrogen-bond acceptors (Lipinski definition) is 4. The highest BCUT2D eigenvalue weighted by Gasteiger charge is 2.22. The van der Waals surface area contributed by atoms with Crippen LogP contribution >= 0.6 is 0 Å². The number of likely N-dealkylation sites (tertiary alicyclic amines) is 1. The standard InChI is InChI=1S/C16H26N4/c1-19-9-7-15(8-10-19)20(2)16-6-3-13(12-18-16)11-17-14-4-5-14/h3,6,12,14-15,17H,4-5,7-11H2,1-2H3. The Bertz CT molecular complexity index is 419. The molecule has 1 saturated heterocycles. The molecular formula is C16H26N4. The topological polar surface area (TPSA) is 31.4 Å². The van der Waals surface area contributed by atoms with Gasteiger partial charge in [-0.1, -0.05) is 6.07 Å². The molecule has 2 aliphatic rings. The third kappa shape index (κ3) is 3.49. The van der Waals surface area contributed by atoms with Crippen LogP contribution in [-0.2, 0) is 6.54 Å². The van der Waals surface area contributed by atoms with E-state index in [4.69, 9.17) is 0 Å². The number of hydrogen-bond donors (Lipinski definition) is 1. The van der Waals surface area contributed by atoms with Crippen LogP contribution in [-0.4, -0.2) is 49.2 Å². The van der Waals surface area contributed by atoms with E-state index in [2.05, 4.69) is 46.3 Å². The Morgan fingerprint density at radius 3 is 2.60 bits per heavy atom. The lowest BCUT2D eigenvalue weighted by molar-refractivity contribution is 0.252. The normalized spacial score (nSPS) is 21.1. The Balaban J connectivity index is 1.55. The van der Waals surface area contributed by atoms with Gasteiger partial charge in [0, 0.05) is 31.9 Å². The van der Waals surface area contributed by atoms with Gasteiger partial charge in [0.05, 0.1) is 0 Å². The molecule has 4 heteroatoms. The monoisotopic (exact) mass is 274 g/mol. The van der Waals surface area contributed by atoms with Crippen LogP contribution in [0.3, 0.4) is 0 Å². The van der Waals surface area contributed by atoms with E-state index in [-0.39, 0.29) is 0 Å². The van der Waals surface area contributed by atoms with E-state index < -0.39 is 0 Å². The number of anilines is 1. The Morgan fingerprint density at radius 2 is 2.00 bits per heavy atom. The van der Waals surface area contributed by atoms with Crippen molar-refractivity contribution in [2.75, 3.05) is 32.1 Å². The molecule has 0 amide bonds. The van der Waals surface area contributed by atoms with Crippen molar-refractivity contribution in [3.63, 3.8) is 0 Å². The highest BCUT2D eigenvalue weighted by Crippen LogP contribution is 2.21. The number of nitrogens with one attached hydrogen (secondary N) is 1. The maximum Gasteiger partial charge on any atom is 0.128 e. The van der Waals surface area contributed by atoms with Crippen molar-refractivity contribution >= 4 is 5.82 Å². The molecule has 3 rings (SSSR count). The van der Waals surface area contributed by atoms with Crippen molar-refractivity contribution in [1.82, 2.24) is 15.2 Å². The highest BCUT2D eigenvalue weighted by molar-refractivity contribution is 5.39. The molecule has 0 aromatic carbocycles. The third-order valence-corrected chi connectivity index (χ3v) is 4.58. The van der Waals surface area contributed by atoms with Crippen LogP contribution in [0, 0.1) is 0 Å². The summed E-state index contributed by atoms with van der Waals surface area (Å²) in [5.74, 6) is 1.11. The van der Waals surface area contributed by atoms with Crippen LogP contribution in [0.15, 0.2) is 18.3 Å². The lowest BCUT2D eigenvalue weighted by Crippen LogP contribution is -2.42. The van der Waals surface area contributed by atoms with Crippen LogP contribution in [0.4, 0.5) is 5.82 Å². The molecule has 0 unspecified atom stereocenters. The Kier molecular flexibility index (Phi) is 4.22. The number of aromatic nitrogens is 1. The van der Waals surface area contributed by atoms with Gasteiger partial charge in [0.1, 0.15) is 5.82 Å². The summed E-state index contributed by atoms with van der Waals surface area (Å²) in [4.78, 5) is 9.40. The fraction of sp³-hybridized carbons (Fsp3) is 0.688. The molecular weight excluding hydrogens is 248 g/mol. The van der Waals surface area contributed by atoms with E-state index in [0.29, 0.717) is 6.04 Å². The summed E-state index contributed by atoms with van der Waals surface area (Å²) in [6.45, 7) is 3.34. The summed E-state index contributed by atoms with van der Waals surface area (Å²) >= 11 is 0. The van der Waals surface area contributed by atoms with Gasteiger partial charge in [-0.25, -0.2) is 4.98 Å². The molecule has 4 nitrogen and oxygen atoms in total. The highest BCUT2D eigenvalue weighted by atomic mass is 15.2. The fourth-order valence-corrected chi connectivity index (χ4v) is 2.85. The molecule has 110 valence electrons. The Labute approximate surface area is 122 Å². The molecule has 0 spiro atoms. The largest absolute Gasteiger partial charge is 0.357 e. The second-order valence-electron chi connectivity index (χ2n) is 6.33. The van der Waals surface area contributed by atoms with Crippen molar-refractivity contribution in [1.29, 1.82) is 0 Å². The second kappa shape index (κ2) is 6.10. The summed E-state index contributed by atoms with van der Waals surface area (Å²) in [5.41, 5.74) is 1.29. The molecule has 1 N–H and O–H groups in total. The van der Waals surface area contributed by atoms with Crippen molar-refractivity contribution in [2.24, 2.45) is 0 Å². The second-order valence-corrected chi connectivity index (χ2v) is 6.33. The zero-order valence-electron chi connectivity index (χ0n) is 12.7. The molecule has 1 saturated carbocycles. The number of pyridine rings is 1. The van der Waals surface area contributed by atoms with E-state index in [9.17, 15) is 0 Å². The summed E-state index contributed by atoms with van der Waals surface area (Å²) in [6, 6.07) is 5.77. The first-order valence-electron chi connectivity index (χ1n) is 7.82. The van der Waals surface area contributed by atoms with Crippen LogP contribution in [0.1, 0.15) is 31.2 Å². The third-order valence-electron chi connectivity index (χ3n) is 4.58. The first kappa shape index (κ1) is 13.8. The smallest absolute Gasteiger partial charge is 0.128 e. The van der Waals surface area contributed by atoms with Crippen LogP contribution in [0.5, 0.6) is 0 Å². The average molecular weight is 274 g/mol. The van der Waals surface area contributed by atoms with Gasteiger partial charge < -0.3 is 15.1 Å². The number of rotatable bonds is 5. The molecule has 2 heterocycles. The maximum absolute atomic E-state index is 4.64. The van der Waals surface area contributed by atoms with Gasteiger partial charge >= 0.3 is 0 Å². The summed E-state index contributed by atoms with van der Waals surface area (Å²) in [5, 5.41) is 3.53. The molecule has 2 fully saturated rings. The quantitative estimate of drug-likeness (QED) is 0.888. The van der Waals surface area contributed by atoms with Crippen LogP contribution in [0.2, 0.25) is 0 Å². The van der Waals surface area contributed by atoms with Crippen molar-refractivity contribution < 1.29 is 0 Å². The minimum atomic E-state index is 0.633. The molecule has 20 heavy (non-hydrogen) atoms. The number of piperidine rings is 1. The maximum atomic E-state index is 4.64. The van der Waals surface area contributed by atoms with Crippen LogP contribution in [0.25, 0.3) is 0 Å². The van der Waals surface area contributed by atoms with E-state index in [1.54, 1.807) is 0 Å². The average Bonchev–Trinajstić information content (AvgIpc) is 3.30. The molecule has 0 bridgehead atoms. The summed E-state index contributed by atoms with van der Waals surface area (Å²) in [6.07, 6.45) is 7.17. The molecule has 1 aliphatic heterocycles. The van der Waals surface area contributed by atoms with Gasteiger partial charge in [0.2, 0.25) is 0 Å². The summed E-state index contributed by atoms with van der Waals surface area (Å²) in [7, 11) is 4.39. The van der Waals surface area contributed by atoms with Gasteiger partial charge in [-0.3, -0.25) is 0 Å². The number of nitrogens with zero attached hydrogens (tertiary/aromatic N) is 3. The van der Waals surface area contributed by atoms with E-state index in [0.717, 1.165) is 18.4 Å². The molecule has 0 atom stereocenters. The van der Waals surface area contributed by atoms with Crippen molar-refractivity contribution in [3.8, 4) is 0 Å². The van der Waals surface area contributed by atoms with Crippen molar-refractivity contribution in [2.45, 2.75) is 44.3 Å². The van der Waals surface area contributed by atoms with Crippen LogP contribution < -0.4 is 10.2 Å². The minimum absolute atomic E-state index is 0.633. The van der Waals surface area contributed by atoms with E-state index in [1.165, 1.54) is 44.3 Å². The SMILES string of the molecule is CN1CCC(N(C)c2ccc(CNC3CC3)cn2)CC1. The zero-order valence-corrected chi connectivity index (χ0v) is 12.7. The van der Waals surface area contributed by atoms with Gasteiger partial charge in [-0.2, -0.15) is 0 Å². The molecule has 1 aliphatic carbocycles. The molecule has 0 radical (unpaired) electrons. The first-order valence-corrected chi connectivity index (χ1v) is 7.82. The van der Waals surface area contributed by atoms with Gasteiger partial charge in [-0.15, -0.1) is 0 Å². The Morgan fingerprint density at radius 1 is 1.25 bits per heavy atom. The van der Waals surface area contributed by atoms with E-state index in [1.807, 2.05) is 6.20 Å². The lowest BCUT2D eigenvalue weighted by atomic mass is 10.0. The molecule has 1 aromatic rings. The first-order chi connectivity index (χ1) is 9.72. The lowest BCUT2D eigenvalue weighted by Gasteiger charge is -2.35. The minimum Gasteiger partial charge on any atom is -0.357 e. The predicted octanol–water partition coefficient (Wildman–Crippen LogP) is 1.86. The van der Waals surface area contributed by atoms with Crippen molar-refractivity contribution in [3.05, 3.63) is 23.9 Å².